The summed E-state index contributed by atoms with van der Waals surface area (Å²) in [6, 6.07) is 4.14. The monoisotopic (exact) mass is 339 g/mol. The first-order valence-corrected chi connectivity index (χ1v) is 9.76. The number of nitrogens with one attached hydrogen (secondary N) is 1. The number of hydrogen-bond donors (Lipinski definition) is 1. The molecule has 0 bridgehead atoms. The van der Waals surface area contributed by atoms with Gasteiger partial charge in [-0.15, -0.1) is 4.72 Å². The fourth-order valence-electron chi connectivity index (χ4n) is 2.61. The minimum atomic E-state index is -0.996. The largest absolute Gasteiger partial charge is 0.598 e. The van der Waals surface area contributed by atoms with Crippen LogP contribution in [0.15, 0.2) is 18.3 Å². The molecule has 1 aliphatic rings. The third-order valence-corrected chi connectivity index (χ3v) is 5.45. The molecule has 1 aliphatic heterocycles. The maximum absolute atomic E-state index is 12.2. The topological polar surface area (TPSA) is 60.5 Å². The third-order valence-electron chi connectivity index (χ3n) is 4.24. The second-order valence-electron chi connectivity index (χ2n) is 6.24. The Morgan fingerprint density at radius 3 is 2.87 bits per heavy atom. The molecule has 1 fully saturated rings. The van der Waals surface area contributed by atoms with Crippen LogP contribution in [0.4, 0.5) is 0 Å². The van der Waals surface area contributed by atoms with Gasteiger partial charge in [-0.2, -0.15) is 0 Å². The molecule has 0 aliphatic carbocycles. The lowest BCUT2D eigenvalue weighted by Gasteiger charge is -2.38. The van der Waals surface area contributed by atoms with Gasteiger partial charge in [0.25, 0.3) is 0 Å². The normalized spacial score (nSPS) is 18.6. The smallest absolute Gasteiger partial charge is 0.125 e. The average molecular weight is 340 g/mol. The average Bonchev–Trinajstić information content (AvgIpc) is 2.51. The molecule has 1 aromatic rings. The van der Waals surface area contributed by atoms with Crippen LogP contribution in [0.2, 0.25) is 0 Å². The van der Waals surface area contributed by atoms with Crippen molar-refractivity contribution in [3.05, 3.63) is 29.6 Å². The van der Waals surface area contributed by atoms with E-state index in [0.29, 0.717) is 11.9 Å². The fraction of sp³-hybridized carbons (Fsp3) is 0.706. The van der Waals surface area contributed by atoms with Gasteiger partial charge in [0.05, 0.1) is 17.8 Å². The van der Waals surface area contributed by atoms with Crippen LogP contribution < -0.4 is 4.72 Å². The molecule has 1 N–H and O–H groups in total. The summed E-state index contributed by atoms with van der Waals surface area (Å²) in [7, 11) is 1.76. The zero-order chi connectivity index (χ0) is 16.7. The van der Waals surface area contributed by atoms with Gasteiger partial charge in [0.15, 0.2) is 0 Å². The summed E-state index contributed by atoms with van der Waals surface area (Å²) in [5, 5.41) is 0. The molecule has 0 spiro atoms. The number of likely N-dealkylation sites (tertiary alicyclic amines) is 1. The molecule has 6 heteroatoms. The number of unbranched alkanes of at least 4 members (excludes halogenated alkanes) is 1. The molecule has 5 nitrogen and oxygen atoms in total. The Kier molecular flexibility index (Phi) is 7.79. The summed E-state index contributed by atoms with van der Waals surface area (Å²) in [6.45, 7) is 7.10. The minimum absolute atomic E-state index is 0.0369. The van der Waals surface area contributed by atoms with Gasteiger partial charge in [-0.3, -0.25) is 9.88 Å². The molecule has 2 atom stereocenters. The minimum Gasteiger partial charge on any atom is -0.598 e. The number of hydrogen-bond acceptors (Lipinski definition) is 5. The summed E-state index contributed by atoms with van der Waals surface area (Å²) in [5.74, 6) is 0.703. The number of nitrogens with zero attached hydrogens (tertiary/aromatic N) is 2. The summed E-state index contributed by atoms with van der Waals surface area (Å²) in [6.07, 6.45) is 5.20. The van der Waals surface area contributed by atoms with E-state index in [4.69, 9.17) is 4.74 Å². The highest BCUT2D eigenvalue weighted by molar-refractivity contribution is 7.89. The van der Waals surface area contributed by atoms with E-state index in [-0.39, 0.29) is 6.04 Å². The maximum Gasteiger partial charge on any atom is 0.125 e. The molecule has 1 saturated heterocycles. The molecular formula is C17H29N3O2S. The van der Waals surface area contributed by atoms with E-state index in [1.165, 1.54) is 0 Å². The van der Waals surface area contributed by atoms with Crippen molar-refractivity contribution in [2.75, 3.05) is 32.5 Å². The highest BCUT2D eigenvalue weighted by Gasteiger charge is 2.28. The SMILES string of the molecule is CCCC[S+]([O-])NC(CCN1CC(OC)C1)c1ccc(C)cn1. The molecule has 130 valence electrons. The number of aryl methyl sites for hydroxylation is 1. The number of methoxy groups -OCH3 is 1. The van der Waals surface area contributed by atoms with Crippen LogP contribution in [0.1, 0.15) is 43.5 Å². The Morgan fingerprint density at radius 1 is 1.48 bits per heavy atom. The lowest BCUT2D eigenvalue weighted by atomic mass is 10.1. The molecule has 0 aromatic carbocycles. The van der Waals surface area contributed by atoms with E-state index in [9.17, 15) is 4.55 Å². The van der Waals surface area contributed by atoms with E-state index in [1.54, 1.807) is 7.11 Å². The van der Waals surface area contributed by atoms with Crippen molar-refractivity contribution in [3.8, 4) is 0 Å². The zero-order valence-electron chi connectivity index (χ0n) is 14.5. The van der Waals surface area contributed by atoms with Crippen molar-refractivity contribution in [1.82, 2.24) is 14.6 Å². The quantitative estimate of drug-likeness (QED) is 0.662. The van der Waals surface area contributed by atoms with E-state index in [1.807, 2.05) is 19.2 Å². The summed E-state index contributed by atoms with van der Waals surface area (Å²) in [4.78, 5) is 6.89. The summed E-state index contributed by atoms with van der Waals surface area (Å²) < 4.78 is 20.8. The van der Waals surface area contributed by atoms with Crippen LogP contribution in [0, 0.1) is 6.92 Å². The number of pyridine rings is 1. The van der Waals surface area contributed by atoms with Crippen molar-refractivity contribution in [3.63, 3.8) is 0 Å². The fourth-order valence-corrected chi connectivity index (χ4v) is 3.84. The first kappa shape index (κ1) is 18.7. The third kappa shape index (κ3) is 6.04. The van der Waals surface area contributed by atoms with Crippen LogP contribution in [0.5, 0.6) is 0 Å². The lowest BCUT2D eigenvalue weighted by Crippen LogP contribution is -2.52. The van der Waals surface area contributed by atoms with Gasteiger partial charge in [-0.25, -0.2) is 0 Å². The Balaban J connectivity index is 1.89. The predicted octanol–water partition coefficient (Wildman–Crippen LogP) is 2.21. The summed E-state index contributed by atoms with van der Waals surface area (Å²) >= 11 is -0.996. The first-order chi connectivity index (χ1) is 11.1. The number of aromatic nitrogens is 1. The molecule has 2 heterocycles. The summed E-state index contributed by atoms with van der Waals surface area (Å²) in [5.41, 5.74) is 2.12. The molecule has 0 saturated carbocycles. The van der Waals surface area contributed by atoms with Gasteiger partial charge >= 0.3 is 0 Å². The van der Waals surface area contributed by atoms with Gasteiger partial charge in [-0.05, 0) is 31.4 Å². The van der Waals surface area contributed by atoms with Crippen molar-refractivity contribution in [1.29, 1.82) is 0 Å². The van der Waals surface area contributed by atoms with Crippen LogP contribution in [-0.4, -0.2) is 53.0 Å². The van der Waals surface area contributed by atoms with Gasteiger partial charge in [0, 0.05) is 44.3 Å². The van der Waals surface area contributed by atoms with Gasteiger partial charge in [-0.1, -0.05) is 19.4 Å². The van der Waals surface area contributed by atoms with E-state index in [0.717, 1.165) is 50.2 Å². The van der Waals surface area contributed by atoms with Crippen LogP contribution >= 0.6 is 0 Å². The Bertz CT molecular complexity index is 452. The maximum atomic E-state index is 12.2. The Labute approximate surface area is 143 Å². The molecule has 23 heavy (non-hydrogen) atoms. The Morgan fingerprint density at radius 2 is 2.26 bits per heavy atom. The molecule has 2 unspecified atom stereocenters. The van der Waals surface area contributed by atoms with Crippen LogP contribution in [0.25, 0.3) is 0 Å². The highest BCUT2D eigenvalue weighted by atomic mass is 32.2. The molecular weight excluding hydrogens is 310 g/mol. The van der Waals surface area contributed by atoms with E-state index in [2.05, 4.69) is 27.6 Å². The standard InChI is InChI=1S/C17H29N3O2S/c1-4-5-10-23(21)19-17(16-7-6-14(2)11-18-16)8-9-20-12-15(13-20)22-3/h6-7,11,15,17,19H,4-5,8-10,12-13H2,1-3H3. The number of rotatable bonds is 10. The first-order valence-electron chi connectivity index (χ1n) is 8.44. The van der Waals surface area contributed by atoms with E-state index < -0.39 is 11.4 Å². The van der Waals surface area contributed by atoms with Crippen molar-refractivity contribution in [2.24, 2.45) is 0 Å². The molecule has 0 radical (unpaired) electrons. The lowest BCUT2D eigenvalue weighted by molar-refractivity contribution is -0.0303. The second-order valence-corrected chi connectivity index (χ2v) is 7.58. The van der Waals surface area contributed by atoms with Gasteiger partial charge in [0.1, 0.15) is 5.75 Å². The van der Waals surface area contributed by atoms with Crippen molar-refractivity contribution in [2.45, 2.75) is 45.3 Å². The number of ether oxygens (including phenoxy) is 1. The highest BCUT2D eigenvalue weighted by Crippen LogP contribution is 2.20. The predicted molar refractivity (Wildman–Crippen MR) is 94.6 cm³/mol. The van der Waals surface area contributed by atoms with Crippen molar-refractivity contribution >= 4 is 11.4 Å². The molecule has 2 rings (SSSR count). The van der Waals surface area contributed by atoms with E-state index >= 15 is 0 Å². The zero-order valence-corrected chi connectivity index (χ0v) is 15.3. The van der Waals surface area contributed by atoms with Crippen LogP contribution in [0.3, 0.4) is 0 Å². The van der Waals surface area contributed by atoms with Crippen molar-refractivity contribution < 1.29 is 9.29 Å². The van der Waals surface area contributed by atoms with Gasteiger partial charge in [0.2, 0.25) is 0 Å². The van der Waals surface area contributed by atoms with Gasteiger partial charge < -0.3 is 9.29 Å². The molecule has 1 aromatic heterocycles. The van der Waals surface area contributed by atoms with Crippen LogP contribution in [-0.2, 0) is 16.1 Å². The Hall–Kier alpha value is -0.660. The second kappa shape index (κ2) is 9.59. The molecule has 0 amide bonds.